The number of hydrogen-bond acceptors (Lipinski definition) is 4. The van der Waals surface area contributed by atoms with Crippen LogP contribution in [0.2, 0.25) is 0 Å². The van der Waals surface area contributed by atoms with E-state index in [4.69, 9.17) is 4.74 Å². The molecular weight excluding hydrogens is 230 g/mol. The minimum atomic E-state index is -0.554. The van der Waals surface area contributed by atoms with Crippen LogP contribution in [0.1, 0.15) is 32.1 Å². The maximum Gasteiger partial charge on any atom is 0.119 e. The molecule has 2 aromatic rings. The molecule has 2 rings (SSSR count). The summed E-state index contributed by atoms with van der Waals surface area (Å²) in [7, 11) is 0. The predicted octanol–water partition coefficient (Wildman–Crippen LogP) is 2.11. The van der Waals surface area contributed by atoms with Crippen molar-refractivity contribution in [1.82, 2.24) is 15.0 Å². The Kier molecular flexibility index (Phi) is 3.94. The van der Waals surface area contributed by atoms with Crippen LogP contribution >= 0.6 is 0 Å². The molecule has 0 aliphatic carbocycles. The van der Waals surface area contributed by atoms with E-state index in [0.29, 0.717) is 18.7 Å². The molecule has 0 aliphatic rings. The summed E-state index contributed by atoms with van der Waals surface area (Å²) in [6.45, 7) is 4.50. The third-order valence-corrected chi connectivity index (χ3v) is 2.65. The lowest BCUT2D eigenvalue weighted by molar-refractivity contribution is 0.169. The average molecular weight is 247 g/mol. The lowest BCUT2D eigenvalue weighted by atomic mass is 10.2. The number of aliphatic hydroxyl groups is 1. The molecule has 5 nitrogen and oxygen atoms in total. The smallest absolute Gasteiger partial charge is 0.119 e. The molecule has 0 radical (unpaired) electrons. The van der Waals surface area contributed by atoms with E-state index < -0.39 is 6.10 Å². The maximum atomic E-state index is 9.67. The van der Waals surface area contributed by atoms with Crippen molar-refractivity contribution in [2.75, 3.05) is 6.61 Å². The maximum absolute atomic E-state index is 9.67. The van der Waals surface area contributed by atoms with Gasteiger partial charge in [-0.25, -0.2) is 4.68 Å². The van der Waals surface area contributed by atoms with E-state index in [1.807, 2.05) is 38.1 Å². The zero-order valence-electron chi connectivity index (χ0n) is 10.6. The second kappa shape index (κ2) is 5.64. The van der Waals surface area contributed by atoms with Crippen LogP contribution in [0, 0.1) is 0 Å². The van der Waals surface area contributed by atoms with Gasteiger partial charge in [0.05, 0.1) is 24.6 Å². The lowest BCUT2D eigenvalue weighted by Gasteiger charge is -2.04. The molecule has 0 bridgehead atoms. The van der Waals surface area contributed by atoms with Crippen molar-refractivity contribution < 1.29 is 9.84 Å². The third-order valence-electron chi connectivity index (χ3n) is 2.65. The van der Waals surface area contributed by atoms with E-state index in [1.54, 1.807) is 10.9 Å². The highest BCUT2D eigenvalue weighted by atomic mass is 16.5. The molecule has 0 fully saturated rings. The van der Waals surface area contributed by atoms with Crippen molar-refractivity contribution in [1.29, 1.82) is 0 Å². The molecule has 1 aromatic heterocycles. The molecule has 1 N–H and O–H groups in total. The highest BCUT2D eigenvalue weighted by molar-refractivity contribution is 5.36. The van der Waals surface area contributed by atoms with Crippen LogP contribution in [0.3, 0.4) is 0 Å². The number of aromatic nitrogens is 3. The summed E-state index contributed by atoms with van der Waals surface area (Å²) >= 11 is 0. The van der Waals surface area contributed by atoms with Crippen LogP contribution in [-0.2, 0) is 0 Å². The van der Waals surface area contributed by atoms with E-state index in [-0.39, 0.29) is 0 Å². The zero-order valence-corrected chi connectivity index (χ0v) is 10.6. The van der Waals surface area contributed by atoms with E-state index in [9.17, 15) is 5.11 Å². The summed E-state index contributed by atoms with van der Waals surface area (Å²) in [5.74, 6) is 0.829. The molecule has 0 saturated heterocycles. The number of aliphatic hydroxyl groups excluding tert-OH is 1. The molecule has 0 spiro atoms. The molecule has 1 unspecified atom stereocenters. The van der Waals surface area contributed by atoms with E-state index in [1.165, 1.54) is 0 Å². The Labute approximate surface area is 106 Å². The van der Waals surface area contributed by atoms with Crippen LogP contribution in [0.25, 0.3) is 5.69 Å². The molecule has 1 aromatic carbocycles. The fourth-order valence-electron chi connectivity index (χ4n) is 1.63. The summed E-state index contributed by atoms with van der Waals surface area (Å²) in [6.07, 6.45) is 1.81. The Morgan fingerprint density at radius 1 is 1.28 bits per heavy atom. The van der Waals surface area contributed by atoms with Crippen LogP contribution in [-0.4, -0.2) is 26.7 Å². The number of benzene rings is 1. The van der Waals surface area contributed by atoms with Crippen LogP contribution < -0.4 is 4.74 Å². The molecule has 0 saturated carbocycles. The quantitative estimate of drug-likeness (QED) is 0.879. The monoisotopic (exact) mass is 247 g/mol. The van der Waals surface area contributed by atoms with Crippen molar-refractivity contribution in [3.8, 4) is 11.4 Å². The minimum absolute atomic E-state index is 0.554. The van der Waals surface area contributed by atoms with Crippen LogP contribution in [0.15, 0.2) is 30.5 Å². The predicted molar refractivity (Wildman–Crippen MR) is 67.8 cm³/mol. The average Bonchev–Trinajstić information content (AvgIpc) is 2.89. The highest BCUT2D eigenvalue weighted by Gasteiger charge is 2.10. The van der Waals surface area contributed by atoms with Gasteiger partial charge in [-0.2, -0.15) is 0 Å². The Morgan fingerprint density at radius 3 is 2.61 bits per heavy atom. The van der Waals surface area contributed by atoms with Gasteiger partial charge in [0.2, 0.25) is 0 Å². The van der Waals surface area contributed by atoms with Crippen molar-refractivity contribution in [3.63, 3.8) is 0 Å². The van der Waals surface area contributed by atoms with Gasteiger partial charge in [-0.15, -0.1) is 5.10 Å². The standard InChI is InChI=1S/C13H17N3O2/c1-3-13(17)12-9-16(15-14-12)10-5-7-11(8-6-10)18-4-2/h5-9,13,17H,3-4H2,1-2H3. The van der Waals surface area contributed by atoms with Crippen molar-refractivity contribution in [3.05, 3.63) is 36.2 Å². The van der Waals surface area contributed by atoms with Gasteiger partial charge in [0, 0.05) is 0 Å². The number of hydrogen-bond donors (Lipinski definition) is 1. The van der Waals surface area contributed by atoms with Gasteiger partial charge >= 0.3 is 0 Å². The molecule has 1 heterocycles. The SMILES string of the molecule is CCOc1ccc(-n2cc(C(O)CC)nn2)cc1. The molecule has 96 valence electrons. The van der Waals surface area contributed by atoms with Crippen molar-refractivity contribution in [2.24, 2.45) is 0 Å². The molecule has 1 atom stereocenters. The number of nitrogens with zero attached hydrogens (tertiary/aromatic N) is 3. The third kappa shape index (κ3) is 2.68. The first-order valence-electron chi connectivity index (χ1n) is 6.08. The summed E-state index contributed by atoms with van der Waals surface area (Å²) < 4.78 is 7.02. The van der Waals surface area contributed by atoms with Gasteiger partial charge in [-0.05, 0) is 37.6 Å². The second-order valence-electron chi connectivity index (χ2n) is 3.94. The molecule has 5 heteroatoms. The topological polar surface area (TPSA) is 60.2 Å². The van der Waals surface area contributed by atoms with E-state index in [2.05, 4.69) is 10.3 Å². The second-order valence-corrected chi connectivity index (χ2v) is 3.94. The first-order valence-corrected chi connectivity index (χ1v) is 6.08. The van der Waals surface area contributed by atoms with Gasteiger partial charge in [0.25, 0.3) is 0 Å². The highest BCUT2D eigenvalue weighted by Crippen LogP contribution is 2.17. The summed E-state index contributed by atoms with van der Waals surface area (Å²) in [4.78, 5) is 0. The van der Waals surface area contributed by atoms with Gasteiger partial charge in [0.1, 0.15) is 11.4 Å². The van der Waals surface area contributed by atoms with Crippen molar-refractivity contribution in [2.45, 2.75) is 26.4 Å². The lowest BCUT2D eigenvalue weighted by Crippen LogP contribution is -1.96. The van der Waals surface area contributed by atoms with Gasteiger partial charge < -0.3 is 9.84 Å². The number of rotatable bonds is 5. The number of ether oxygens (including phenoxy) is 1. The van der Waals surface area contributed by atoms with Crippen LogP contribution in [0.5, 0.6) is 5.75 Å². The van der Waals surface area contributed by atoms with Gasteiger partial charge in [0.15, 0.2) is 0 Å². The van der Waals surface area contributed by atoms with Gasteiger partial charge in [-0.3, -0.25) is 0 Å². The fourth-order valence-corrected chi connectivity index (χ4v) is 1.63. The van der Waals surface area contributed by atoms with Crippen LogP contribution in [0.4, 0.5) is 0 Å². The first kappa shape index (κ1) is 12.6. The van der Waals surface area contributed by atoms with E-state index in [0.717, 1.165) is 11.4 Å². The molecule has 0 aliphatic heterocycles. The minimum Gasteiger partial charge on any atom is -0.494 e. The first-order chi connectivity index (χ1) is 8.74. The zero-order chi connectivity index (χ0) is 13.0. The normalized spacial score (nSPS) is 12.4. The fraction of sp³-hybridized carbons (Fsp3) is 0.385. The summed E-state index contributed by atoms with van der Waals surface area (Å²) in [5, 5.41) is 17.6. The van der Waals surface area contributed by atoms with Crippen molar-refractivity contribution >= 4 is 0 Å². The Balaban J connectivity index is 2.18. The molecule has 0 amide bonds. The largest absolute Gasteiger partial charge is 0.494 e. The summed E-state index contributed by atoms with van der Waals surface area (Å²) in [6, 6.07) is 7.58. The Morgan fingerprint density at radius 2 is 2.00 bits per heavy atom. The molecular formula is C13H17N3O2. The van der Waals surface area contributed by atoms with E-state index >= 15 is 0 Å². The Bertz CT molecular complexity index is 493. The summed E-state index contributed by atoms with van der Waals surface area (Å²) in [5.41, 5.74) is 1.48. The molecule has 18 heavy (non-hydrogen) atoms. The Hall–Kier alpha value is -1.88. The van der Waals surface area contributed by atoms with Gasteiger partial charge in [-0.1, -0.05) is 12.1 Å².